The van der Waals surface area contributed by atoms with Crippen LogP contribution in [-0.2, 0) is 18.9 Å². The number of ether oxygens (including phenoxy) is 1. The van der Waals surface area contributed by atoms with Gasteiger partial charge in [0.2, 0.25) is 5.91 Å². The van der Waals surface area contributed by atoms with Gasteiger partial charge in [-0.3, -0.25) is 18.9 Å². The van der Waals surface area contributed by atoms with Crippen molar-refractivity contribution in [3.63, 3.8) is 0 Å². The number of amides is 2. The lowest BCUT2D eigenvalue weighted by atomic mass is 10.0. The lowest BCUT2D eigenvalue weighted by Gasteiger charge is -2.43. The fraction of sp³-hybridized carbons (Fsp3) is 0.273. The molecule has 1 aliphatic heterocycles. The van der Waals surface area contributed by atoms with Gasteiger partial charge in [0.05, 0.1) is 13.2 Å². The van der Waals surface area contributed by atoms with E-state index >= 15 is 0 Å². The molecule has 1 fully saturated rings. The first-order chi connectivity index (χ1) is 17.4. The largest absolute Gasteiger partial charge is 0.508 e. The molecule has 0 saturated carbocycles. The standard InChI is InChI=1S/C22H25N4O10P/c23-16(22(30)31)9-10-36-15-7-3-12(4-8-15)18(25-32)19(28)24-17-11-26(20(17)29)21(37(33,34)35)13-1-5-14(27)6-2-13/h1-8,16-17,21,27,32H,9-11,23H2,(H,24,28)(H,30,31)(H2,33,34,35)/b25-18-. The normalized spacial score (nSPS) is 17.5. The molecule has 15 heteroatoms. The van der Waals surface area contributed by atoms with Crippen LogP contribution in [0.25, 0.3) is 0 Å². The molecule has 1 saturated heterocycles. The van der Waals surface area contributed by atoms with Crippen LogP contribution in [0.5, 0.6) is 11.5 Å². The predicted octanol–water partition coefficient (Wildman–Crippen LogP) is -0.0452. The monoisotopic (exact) mass is 536 g/mol. The molecule has 0 bridgehead atoms. The number of hydrogen-bond donors (Lipinski definition) is 7. The number of carbonyl (C=O) groups is 3. The van der Waals surface area contributed by atoms with E-state index < -0.39 is 49.0 Å². The van der Waals surface area contributed by atoms with Gasteiger partial charge >= 0.3 is 13.6 Å². The molecule has 2 amide bonds. The van der Waals surface area contributed by atoms with Crippen molar-refractivity contribution in [2.24, 2.45) is 10.9 Å². The van der Waals surface area contributed by atoms with Crippen LogP contribution in [0.4, 0.5) is 0 Å². The molecule has 1 aliphatic rings. The average molecular weight is 536 g/mol. The number of oxime groups is 1. The van der Waals surface area contributed by atoms with Crippen molar-refractivity contribution in [1.29, 1.82) is 0 Å². The number of likely N-dealkylation sites (tertiary alicyclic amines) is 1. The van der Waals surface area contributed by atoms with Gasteiger partial charge in [0.15, 0.2) is 11.5 Å². The second-order valence-corrected chi connectivity index (χ2v) is 9.79. The van der Waals surface area contributed by atoms with E-state index in [1.807, 2.05) is 0 Å². The van der Waals surface area contributed by atoms with Crippen LogP contribution in [0.3, 0.4) is 0 Å². The number of aliphatic carboxylic acids is 1. The third-order valence-electron chi connectivity index (χ3n) is 5.53. The van der Waals surface area contributed by atoms with Gasteiger partial charge in [-0.05, 0) is 42.0 Å². The number of hydrogen-bond acceptors (Lipinski definition) is 9. The Morgan fingerprint density at radius 3 is 2.30 bits per heavy atom. The van der Waals surface area contributed by atoms with Gasteiger partial charge in [-0.1, -0.05) is 17.3 Å². The van der Waals surface area contributed by atoms with E-state index in [0.717, 1.165) is 4.90 Å². The molecule has 0 aliphatic carbocycles. The van der Waals surface area contributed by atoms with Crippen LogP contribution in [-0.4, -0.2) is 78.8 Å². The summed E-state index contributed by atoms with van der Waals surface area (Å²) < 4.78 is 17.5. The van der Waals surface area contributed by atoms with E-state index in [4.69, 9.17) is 15.6 Å². The summed E-state index contributed by atoms with van der Waals surface area (Å²) in [6.45, 7) is -0.181. The highest BCUT2D eigenvalue weighted by atomic mass is 31.2. The smallest absolute Gasteiger partial charge is 0.352 e. The maximum Gasteiger partial charge on any atom is 0.352 e. The summed E-state index contributed by atoms with van der Waals surface area (Å²) in [6, 6.07) is 8.56. The van der Waals surface area contributed by atoms with Crippen LogP contribution in [0, 0.1) is 0 Å². The van der Waals surface area contributed by atoms with E-state index in [2.05, 4.69) is 10.5 Å². The maximum atomic E-state index is 12.7. The van der Waals surface area contributed by atoms with Crippen molar-refractivity contribution >= 4 is 31.1 Å². The van der Waals surface area contributed by atoms with E-state index in [1.54, 1.807) is 0 Å². The number of nitrogens with zero attached hydrogens (tertiary/aromatic N) is 2. The summed E-state index contributed by atoms with van der Waals surface area (Å²) in [7, 11) is -4.83. The van der Waals surface area contributed by atoms with Gasteiger partial charge in [0.25, 0.3) is 5.91 Å². The number of aromatic hydroxyl groups is 1. The van der Waals surface area contributed by atoms with E-state index in [1.165, 1.54) is 48.5 Å². The van der Waals surface area contributed by atoms with E-state index in [-0.39, 0.29) is 36.4 Å². The average Bonchev–Trinajstić information content (AvgIpc) is 2.84. The minimum atomic E-state index is -4.83. The number of β-lactam (4-membered cyclic amide) rings is 1. The summed E-state index contributed by atoms with van der Waals surface area (Å²) in [4.78, 5) is 56.5. The number of carboxylic acids is 1. The van der Waals surface area contributed by atoms with Crippen molar-refractivity contribution in [1.82, 2.24) is 10.2 Å². The molecule has 2 aromatic carbocycles. The second-order valence-electron chi connectivity index (χ2n) is 8.13. The molecule has 0 spiro atoms. The summed E-state index contributed by atoms with van der Waals surface area (Å²) in [5, 5.41) is 32.9. The van der Waals surface area contributed by atoms with Gasteiger partial charge in [-0.25, -0.2) is 0 Å². The maximum absolute atomic E-state index is 12.7. The number of carboxylic acid groups (broad SMARTS) is 1. The molecule has 2 aromatic rings. The van der Waals surface area contributed by atoms with Crippen LogP contribution in [0.2, 0.25) is 0 Å². The third kappa shape index (κ3) is 6.62. The van der Waals surface area contributed by atoms with Gasteiger partial charge in [0, 0.05) is 12.0 Å². The molecular formula is C22H25N4O10P. The molecule has 3 rings (SSSR count). The number of nitrogens with two attached hydrogens (primary N) is 1. The first-order valence-electron chi connectivity index (χ1n) is 10.8. The number of benzene rings is 2. The topological polar surface area (TPSA) is 232 Å². The highest BCUT2D eigenvalue weighted by Gasteiger charge is 2.48. The van der Waals surface area contributed by atoms with Gasteiger partial charge in [-0.2, -0.15) is 0 Å². The van der Waals surface area contributed by atoms with Crippen molar-refractivity contribution in [2.75, 3.05) is 13.2 Å². The zero-order chi connectivity index (χ0) is 27.3. The summed E-state index contributed by atoms with van der Waals surface area (Å²) in [5.41, 5.74) is 5.26. The SMILES string of the molecule is NC(CCOc1ccc(/C(=N/O)C(=O)NC2CN(C(c3ccc(O)cc3)P(=O)(O)O)C2=O)cc1)C(=O)O. The van der Waals surface area contributed by atoms with E-state index in [9.17, 15) is 39.0 Å². The molecule has 3 unspecified atom stereocenters. The number of carbonyl (C=O) groups excluding carboxylic acids is 2. The Kier molecular flexibility index (Phi) is 8.50. The predicted molar refractivity (Wildman–Crippen MR) is 127 cm³/mol. The highest BCUT2D eigenvalue weighted by Crippen LogP contribution is 2.55. The second kappa shape index (κ2) is 11.4. The molecular weight excluding hydrogens is 511 g/mol. The Hall–Kier alpha value is -3.97. The van der Waals surface area contributed by atoms with Crippen molar-refractivity contribution in [2.45, 2.75) is 24.3 Å². The summed E-state index contributed by atoms with van der Waals surface area (Å²) >= 11 is 0. The number of phenolic OH excluding ortho intramolecular Hbond substituents is 1. The lowest BCUT2D eigenvalue weighted by molar-refractivity contribution is -0.147. The number of phenols is 1. The lowest BCUT2D eigenvalue weighted by Crippen LogP contribution is -2.65. The molecule has 14 nitrogen and oxygen atoms in total. The molecule has 0 radical (unpaired) electrons. The first-order valence-corrected chi connectivity index (χ1v) is 12.5. The highest BCUT2D eigenvalue weighted by molar-refractivity contribution is 7.52. The van der Waals surface area contributed by atoms with Crippen LogP contribution in [0.15, 0.2) is 53.7 Å². The third-order valence-corrected chi connectivity index (χ3v) is 6.74. The summed E-state index contributed by atoms with van der Waals surface area (Å²) in [6.07, 6.45) is 0.0743. The first kappa shape index (κ1) is 27.6. The zero-order valence-corrected chi connectivity index (χ0v) is 20.1. The van der Waals surface area contributed by atoms with E-state index in [0.29, 0.717) is 5.75 Å². The van der Waals surface area contributed by atoms with Crippen LogP contribution in [0.1, 0.15) is 23.3 Å². The fourth-order valence-electron chi connectivity index (χ4n) is 3.58. The van der Waals surface area contributed by atoms with Gasteiger partial charge < -0.3 is 45.9 Å². The molecule has 1 heterocycles. The minimum Gasteiger partial charge on any atom is -0.508 e. The molecule has 0 aromatic heterocycles. The fourth-order valence-corrected chi connectivity index (χ4v) is 4.71. The Bertz CT molecular complexity index is 1230. The quantitative estimate of drug-likeness (QED) is 0.0661. The molecule has 8 N–H and O–H groups in total. The zero-order valence-electron chi connectivity index (χ0n) is 19.2. The van der Waals surface area contributed by atoms with Crippen LogP contribution < -0.4 is 15.8 Å². The number of rotatable bonds is 11. The summed E-state index contributed by atoms with van der Waals surface area (Å²) in [5.74, 6) is -4.18. The Labute approximate surface area is 210 Å². The van der Waals surface area contributed by atoms with Gasteiger partial charge in [-0.15, -0.1) is 0 Å². The Morgan fingerprint density at radius 2 is 1.78 bits per heavy atom. The molecule has 37 heavy (non-hydrogen) atoms. The molecule has 3 atom stereocenters. The molecule has 198 valence electrons. The van der Waals surface area contributed by atoms with Crippen molar-refractivity contribution in [3.05, 3.63) is 59.7 Å². The van der Waals surface area contributed by atoms with Crippen molar-refractivity contribution < 1.29 is 48.9 Å². The van der Waals surface area contributed by atoms with Gasteiger partial charge in [0.1, 0.15) is 23.6 Å². The van der Waals surface area contributed by atoms with Crippen molar-refractivity contribution in [3.8, 4) is 11.5 Å². The Balaban J connectivity index is 1.61. The Morgan fingerprint density at radius 1 is 1.16 bits per heavy atom. The number of nitrogens with one attached hydrogen (secondary N) is 1. The minimum absolute atomic E-state index is 0.0360. The van der Waals surface area contributed by atoms with Crippen LogP contribution >= 0.6 is 7.60 Å².